The monoisotopic (exact) mass is 218 g/mol. The molecule has 1 aromatic carbocycles. The molecule has 3 nitrogen and oxygen atoms in total. The standard InChI is InChI=1S/C13H18N2O/c1-10(2)9-15-12-6-4-3-5-11(12)14-8-7-13(15)16/h3-6,10,14H,7-9H2,1-2H3. The minimum Gasteiger partial charge on any atom is -0.383 e. The van der Waals surface area contributed by atoms with Gasteiger partial charge in [0.2, 0.25) is 5.91 Å². The van der Waals surface area contributed by atoms with Gasteiger partial charge in [-0.3, -0.25) is 4.79 Å². The van der Waals surface area contributed by atoms with Gasteiger partial charge in [-0.15, -0.1) is 0 Å². The predicted octanol–water partition coefficient (Wildman–Crippen LogP) is 2.49. The topological polar surface area (TPSA) is 32.3 Å². The smallest absolute Gasteiger partial charge is 0.228 e. The van der Waals surface area contributed by atoms with Crippen molar-refractivity contribution in [3.63, 3.8) is 0 Å². The fraction of sp³-hybridized carbons (Fsp3) is 0.462. The number of hydrogen-bond donors (Lipinski definition) is 1. The molecule has 0 radical (unpaired) electrons. The Bertz CT molecular complexity index is 387. The minimum atomic E-state index is 0.214. The molecule has 0 fully saturated rings. The third-order valence-electron chi connectivity index (χ3n) is 2.70. The van der Waals surface area contributed by atoms with Crippen molar-refractivity contribution >= 4 is 17.3 Å². The molecule has 1 heterocycles. The van der Waals surface area contributed by atoms with Crippen molar-refractivity contribution in [3.05, 3.63) is 24.3 Å². The molecule has 3 heteroatoms. The lowest BCUT2D eigenvalue weighted by molar-refractivity contribution is -0.118. The number of carbonyl (C=O) groups is 1. The summed E-state index contributed by atoms with van der Waals surface area (Å²) in [4.78, 5) is 13.9. The molecule has 0 spiro atoms. The van der Waals surface area contributed by atoms with Crippen LogP contribution in [0.5, 0.6) is 0 Å². The second kappa shape index (κ2) is 4.56. The zero-order chi connectivity index (χ0) is 11.5. The van der Waals surface area contributed by atoms with Crippen LogP contribution in [0.4, 0.5) is 11.4 Å². The maximum atomic E-state index is 12.0. The van der Waals surface area contributed by atoms with Crippen LogP contribution in [0.1, 0.15) is 20.3 Å². The van der Waals surface area contributed by atoms with Crippen LogP contribution in [0, 0.1) is 5.92 Å². The highest BCUT2D eigenvalue weighted by Crippen LogP contribution is 2.28. The van der Waals surface area contributed by atoms with E-state index in [4.69, 9.17) is 0 Å². The van der Waals surface area contributed by atoms with Crippen LogP contribution >= 0.6 is 0 Å². The van der Waals surface area contributed by atoms with Gasteiger partial charge in [0, 0.05) is 19.5 Å². The second-order valence-electron chi connectivity index (χ2n) is 4.59. The number of carbonyl (C=O) groups excluding carboxylic acids is 1. The zero-order valence-corrected chi connectivity index (χ0v) is 9.86. The van der Waals surface area contributed by atoms with Crippen molar-refractivity contribution in [1.82, 2.24) is 0 Å². The van der Waals surface area contributed by atoms with E-state index in [1.165, 1.54) is 0 Å². The Morgan fingerprint density at radius 3 is 2.88 bits per heavy atom. The van der Waals surface area contributed by atoms with Gasteiger partial charge >= 0.3 is 0 Å². The SMILES string of the molecule is CC(C)CN1C(=O)CCNc2ccccc21. The third kappa shape index (κ3) is 2.18. The number of anilines is 2. The van der Waals surface area contributed by atoms with Gasteiger partial charge in [0.1, 0.15) is 0 Å². The van der Waals surface area contributed by atoms with Crippen LogP contribution in [0.2, 0.25) is 0 Å². The summed E-state index contributed by atoms with van der Waals surface area (Å²) in [5, 5.41) is 3.30. The number of amides is 1. The van der Waals surface area contributed by atoms with Gasteiger partial charge < -0.3 is 10.2 Å². The number of nitrogens with one attached hydrogen (secondary N) is 1. The van der Waals surface area contributed by atoms with Gasteiger partial charge in [0.25, 0.3) is 0 Å². The summed E-state index contributed by atoms with van der Waals surface area (Å²) in [6, 6.07) is 8.01. The van der Waals surface area contributed by atoms with Crippen LogP contribution in [0.3, 0.4) is 0 Å². The normalized spacial score (nSPS) is 15.7. The van der Waals surface area contributed by atoms with Crippen molar-refractivity contribution in [2.75, 3.05) is 23.3 Å². The maximum absolute atomic E-state index is 12.0. The Kier molecular flexibility index (Phi) is 3.13. The molecule has 0 bridgehead atoms. The molecule has 1 aliphatic rings. The molecule has 0 saturated heterocycles. The first-order chi connectivity index (χ1) is 7.68. The fourth-order valence-electron chi connectivity index (χ4n) is 2.00. The van der Waals surface area contributed by atoms with E-state index in [1.807, 2.05) is 29.2 Å². The number of para-hydroxylation sites is 2. The average Bonchev–Trinajstić information content (AvgIpc) is 2.40. The minimum absolute atomic E-state index is 0.214. The summed E-state index contributed by atoms with van der Waals surface area (Å²) in [6.45, 7) is 5.78. The Morgan fingerprint density at radius 1 is 1.38 bits per heavy atom. The fourth-order valence-corrected chi connectivity index (χ4v) is 2.00. The molecule has 1 N–H and O–H groups in total. The van der Waals surface area contributed by atoms with E-state index in [9.17, 15) is 4.79 Å². The quantitative estimate of drug-likeness (QED) is 0.827. The van der Waals surface area contributed by atoms with Gasteiger partial charge in [-0.2, -0.15) is 0 Å². The van der Waals surface area contributed by atoms with Gasteiger partial charge in [-0.05, 0) is 18.1 Å². The molecule has 0 unspecified atom stereocenters. The first-order valence-corrected chi connectivity index (χ1v) is 5.81. The van der Waals surface area contributed by atoms with E-state index in [2.05, 4.69) is 19.2 Å². The van der Waals surface area contributed by atoms with E-state index in [0.717, 1.165) is 24.5 Å². The lowest BCUT2D eigenvalue weighted by atomic mass is 10.1. The largest absolute Gasteiger partial charge is 0.383 e. The predicted molar refractivity (Wildman–Crippen MR) is 66.7 cm³/mol. The van der Waals surface area contributed by atoms with E-state index >= 15 is 0 Å². The van der Waals surface area contributed by atoms with E-state index in [0.29, 0.717) is 12.3 Å². The highest BCUT2D eigenvalue weighted by Gasteiger charge is 2.21. The Morgan fingerprint density at radius 2 is 2.12 bits per heavy atom. The molecule has 1 aliphatic heterocycles. The summed E-state index contributed by atoms with van der Waals surface area (Å²) in [7, 11) is 0. The lowest BCUT2D eigenvalue weighted by Gasteiger charge is -2.24. The van der Waals surface area contributed by atoms with Crippen molar-refractivity contribution in [2.45, 2.75) is 20.3 Å². The first kappa shape index (κ1) is 11.0. The molecule has 0 aliphatic carbocycles. The highest BCUT2D eigenvalue weighted by atomic mass is 16.2. The Hall–Kier alpha value is -1.51. The Labute approximate surface area is 96.5 Å². The summed E-state index contributed by atoms with van der Waals surface area (Å²) < 4.78 is 0. The molecule has 0 aromatic heterocycles. The Balaban J connectivity index is 2.36. The molecule has 1 aromatic rings. The number of hydrogen-bond acceptors (Lipinski definition) is 2. The summed E-state index contributed by atoms with van der Waals surface area (Å²) >= 11 is 0. The van der Waals surface area contributed by atoms with Gasteiger partial charge in [0.05, 0.1) is 11.4 Å². The third-order valence-corrected chi connectivity index (χ3v) is 2.70. The molecule has 1 amide bonds. The molecular formula is C13H18N2O. The van der Waals surface area contributed by atoms with E-state index in [-0.39, 0.29) is 5.91 Å². The number of fused-ring (bicyclic) bond motifs is 1. The van der Waals surface area contributed by atoms with Crippen LogP contribution in [0.25, 0.3) is 0 Å². The van der Waals surface area contributed by atoms with Crippen molar-refractivity contribution in [2.24, 2.45) is 5.92 Å². The van der Waals surface area contributed by atoms with Crippen LogP contribution in [0.15, 0.2) is 24.3 Å². The molecule has 2 rings (SSSR count). The van der Waals surface area contributed by atoms with E-state index in [1.54, 1.807) is 0 Å². The molecular weight excluding hydrogens is 200 g/mol. The molecule has 0 atom stereocenters. The van der Waals surface area contributed by atoms with Crippen molar-refractivity contribution in [3.8, 4) is 0 Å². The summed E-state index contributed by atoms with van der Waals surface area (Å²) in [5.74, 6) is 0.696. The van der Waals surface area contributed by atoms with Gasteiger partial charge in [0.15, 0.2) is 0 Å². The van der Waals surface area contributed by atoms with Crippen LogP contribution in [-0.2, 0) is 4.79 Å². The summed E-state index contributed by atoms with van der Waals surface area (Å²) in [6.07, 6.45) is 0.571. The van der Waals surface area contributed by atoms with Crippen molar-refractivity contribution < 1.29 is 4.79 Å². The maximum Gasteiger partial charge on any atom is 0.228 e. The average molecular weight is 218 g/mol. The van der Waals surface area contributed by atoms with Gasteiger partial charge in [-0.25, -0.2) is 0 Å². The molecule has 16 heavy (non-hydrogen) atoms. The van der Waals surface area contributed by atoms with E-state index < -0.39 is 0 Å². The summed E-state index contributed by atoms with van der Waals surface area (Å²) in [5.41, 5.74) is 2.08. The first-order valence-electron chi connectivity index (χ1n) is 5.81. The van der Waals surface area contributed by atoms with Gasteiger partial charge in [-0.1, -0.05) is 26.0 Å². The van der Waals surface area contributed by atoms with Crippen LogP contribution < -0.4 is 10.2 Å². The lowest BCUT2D eigenvalue weighted by Crippen LogP contribution is -2.33. The van der Waals surface area contributed by atoms with Crippen molar-refractivity contribution in [1.29, 1.82) is 0 Å². The molecule has 0 saturated carbocycles. The number of benzene rings is 1. The highest BCUT2D eigenvalue weighted by molar-refractivity contribution is 5.98. The second-order valence-corrected chi connectivity index (χ2v) is 4.59. The number of rotatable bonds is 2. The molecule has 86 valence electrons. The van der Waals surface area contributed by atoms with Crippen LogP contribution in [-0.4, -0.2) is 19.0 Å². The number of nitrogens with zero attached hydrogens (tertiary/aromatic N) is 1. The zero-order valence-electron chi connectivity index (χ0n) is 9.86.